The maximum atomic E-state index is 6.34. The van der Waals surface area contributed by atoms with Crippen molar-refractivity contribution in [3.8, 4) is 23.0 Å². The van der Waals surface area contributed by atoms with Gasteiger partial charge in [0.15, 0.2) is 16.6 Å². The van der Waals surface area contributed by atoms with Gasteiger partial charge in [-0.1, -0.05) is 19.3 Å². The van der Waals surface area contributed by atoms with Crippen LogP contribution in [-0.4, -0.2) is 30.4 Å². The molecule has 8 heteroatoms. The number of pyridine rings is 1. The zero-order valence-electron chi connectivity index (χ0n) is 20.2. The van der Waals surface area contributed by atoms with Crippen LogP contribution in [0.5, 0.6) is 23.0 Å². The Balaban J connectivity index is 1.50. The molecule has 0 spiro atoms. The predicted octanol–water partition coefficient (Wildman–Crippen LogP) is 5.78. The Morgan fingerprint density at radius 2 is 1.65 bits per heavy atom. The lowest BCUT2D eigenvalue weighted by molar-refractivity contribution is 0.355. The van der Waals surface area contributed by atoms with Crippen LogP contribution in [0.2, 0.25) is 0 Å². The van der Waals surface area contributed by atoms with Crippen molar-refractivity contribution in [2.75, 3.05) is 19.5 Å². The van der Waals surface area contributed by atoms with Gasteiger partial charge in [0.25, 0.3) is 0 Å². The number of hydrazine groups is 1. The van der Waals surface area contributed by atoms with Crippen LogP contribution in [0.1, 0.15) is 43.2 Å². The number of methoxy groups -OCH3 is 2. The highest BCUT2D eigenvalue weighted by Gasteiger charge is 2.15. The summed E-state index contributed by atoms with van der Waals surface area (Å²) in [5, 5.41) is 4.71. The van der Waals surface area contributed by atoms with Gasteiger partial charge in [0, 0.05) is 29.4 Å². The number of nitrogens with zero attached hydrogens (tertiary/aromatic N) is 1. The van der Waals surface area contributed by atoms with Crippen LogP contribution in [0.3, 0.4) is 0 Å². The summed E-state index contributed by atoms with van der Waals surface area (Å²) < 4.78 is 17.2. The highest BCUT2D eigenvalue weighted by Crippen LogP contribution is 2.38. The number of thiocarbonyl (C=S) groups is 1. The number of hydrogen-bond acceptors (Lipinski definition) is 6. The van der Waals surface area contributed by atoms with Crippen LogP contribution < -0.4 is 30.4 Å². The Kier molecular flexibility index (Phi) is 7.70. The predicted molar refractivity (Wildman–Crippen MR) is 140 cm³/mol. The van der Waals surface area contributed by atoms with E-state index < -0.39 is 0 Å². The molecule has 0 atom stereocenters. The Morgan fingerprint density at radius 3 is 2.38 bits per heavy atom. The summed E-state index contributed by atoms with van der Waals surface area (Å²) in [7, 11) is 3.23. The van der Waals surface area contributed by atoms with Crippen molar-refractivity contribution in [1.82, 2.24) is 15.8 Å². The first-order valence-corrected chi connectivity index (χ1v) is 12.0. The molecule has 7 nitrogen and oxygen atoms in total. The van der Waals surface area contributed by atoms with Crippen LogP contribution in [0.25, 0.3) is 10.9 Å². The number of nitrogens with one attached hydrogen (secondary N) is 3. The molecule has 0 radical (unpaired) electrons. The van der Waals surface area contributed by atoms with E-state index in [2.05, 4.69) is 28.1 Å². The first kappa shape index (κ1) is 24.0. The van der Waals surface area contributed by atoms with E-state index in [0.717, 1.165) is 33.5 Å². The summed E-state index contributed by atoms with van der Waals surface area (Å²) in [6.45, 7) is 4.10. The average molecular weight is 481 g/mol. The summed E-state index contributed by atoms with van der Waals surface area (Å²) in [5.74, 6) is 2.72. The zero-order chi connectivity index (χ0) is 24.1. The van der Waals surface area contributed by atoms with Crippen molar-refractivity contribution in [2.45, 2.75) is 52.0 Å². The molecule has 3 N–H and O–H groups in total. The highest BCUT2D eigenvalue weighted by atomic mass is 32.1. The molecule has 0 unspecified atom stereocenters. The topological polar surface area (TPSA) is 76.7 Å². The van der Waals surface area contributed by atoms with Crippen LogP contribution in [0, 0.1) is 13.8 Å². The summed E-state index contributed by atoms with van der Waals surface area (Å²) in [6, 6.07) is 10.00. The molecule has 1 aromatic heterocycles. The SMILES string of the molecule is COc1cc2nccc(Oc3ccc(NC(=S)NNC4CCCCC4)c(C)c3C)c2cc1OC. The van der Waals surface area contributed by atoms with Gasteiger partial charge in [-0.25, -0.2) is 5.43 Å². The molecule has 34 heavy (non-hydrogen) atoms. The standard InChI is InChI=1S/C26H32N4O3S/c1-16-17(2)22(11-10-20(16)28-26(34)30-29-18-8-6-5-7-9-18)33-23-12-13-27-21-15-25(32-4)24(31-3)14-19(21)23/h10-15,18,29H,5-9H2,1-4H3,(H2,28,30,34). The molecule has 180 valence electrons. The molecule has 0 bridgehead atoms. The van der Waals surface area contributed by atoms with Gasteiger partial charge in [0.2, 0.25) is 0 Å². The van der Waals surface area contributed by atoms with Crippen molar-refractivity contribution in [3.05, 3.63) is 47.7 Å². The van der Waals surface area contributed by atoms with E-state index in [1.807, 2.05) is 37.3 Å². The monoisotopic (exact) mass is 480 g/mol. The van der Waals surface area contributed by atoms with Crippen molar-refractivity contribution in [1.29, 1.82) is 0 Å². The van der Waals surface area contributed by atoms with Gasteiger partial charge < -0.3 is 19.5 Å². The molecule has 1 aliphatic rings. The lowest BCUT2D eigenvalue weighted by Gasteiger charge is -2.24. The van der Waals surface area contributed by atoms with Gasteiger partial charge in [-0.3, -0.25) is 10.4 Å². The second-order valence-corrected chi connectivity index (χ2v) is 8.96. The van der Waals surface area contributed by atoms with Gasteiger partial charge in [-0.2, -0.15) is 0 Å². The Labute approximate surface area is 206 Å². The fourth-order valence-electron chi connectivity index (χ4n) is 4.26. The molecule has 0 saturated heterocycles. The van der Waals surface area contributed by atoms with E-state index in [1.165, 1.54) is 32.1 Å². The molecule has 1 heterocycles. The number of fused-ring (bicyclic) bond motifs is 1. The number of benzene rings is 2. The smallest absolute Gasteiger partial charge is 0.185 e. The minimum Gasteiger partial charge on any atom is -0.493 e. The molecule has 4 rings (SSSR count). The molecule has 1 aliphatic carbocycles. The summed E-state index contributed by atoms with van der Waals surface area (Å²) in [5.41, 5.74) is 10.3. The zero-order valence-corrected chi connectivity index (χ0v) is 21.0. The van der Waals surface area contributed by atoms with Gasteiger partial charge in [0.05, 0.1) is 19.7 Å². The second-order valence-electron chi connectivity index (χ2n) is 8.56. The lowest BCUT2D eigenvalue weighted by atomic mass is 9.96. The van der Waals surface area contributed by atoms with E-state index in [1.54, 1.807) is 20.4 Å². The fourth-order valence-corrected chi connectivity index (χ4v) is 4.43. The van der Waals surface area contributed by atoms with E-state index in [9.17, 15) is 0 Å². The molecule has 2 aromatic carbocycles. The Morgan fingerprint density at radius 1 is 0.912 bits per heavy atom. The normalized spacial score (nSPS) is 14.0. The van der Waals surface area contributed by atoms with Crippen LogP contribution in [0.4, 0.5) is 5.69 Å². The van der Waals surface area contributed by atoms with Crippen LogP contribution in [0.15, 0.2) is 36.5 Å². The number of aromatic nitrogens is 1. The first-order valence-electron chi connectivity index (χ1n) is 11.6. The second kappa shape index (κ2) is 10.9. The number of rotatable bonds is 7. The van der Waals surface area contributed by atoms with Crippen molar-refractivity contribution in [3.63, 3.8) is 0 Å². The van der Waals surface area contributed by atoms with Crippen molar-refractivity contribution < 1.29 is 14.2 Å². The van der Waals surface area contributed by atoms with Crippen LogP contribution >= 0.6 is 12.2 Å². The van der Waals surface area contributed by atoms with E-state index in [-0.39, 0.29) is 0 Å². The average Bonchev–Trinajstić information content (AvgIpc) is 2.87. The summed E-state index contributed by atoms with van der Waals surface area (Å²) >= 11 is 5.50. The maximum Gasteiger partial charge on any atom is 0.185 e. The van der Waals surface area contributed by atoms with Crippen molar-refractivity contribution >= 4 is 33.9 Å². The third-order valence-corrected chi connectivity index (χ3v) is 6.61. The van der Waals surface area contributed by atoms with Gasteiger partial charge >= 0.3 is 0 Å². The summed E-state index contributed by atoms with van der Waals surface area (Å²) in [4.78, 5) is 4.45. The minimum atomic E-state index is 0.473. The van der Waals surface area contributed by atoms with Gasteiger partial charge in [-0.15, -0.1) is 0 Å². The molecular weight excluding hydrogens is 448 g/mol. The van der Waals surface area contributed by atoms with E-state index in [0.29, 0.717) is 28.4 Å². The minimum absolute atomic E-state index is 0.473. The van der Waals surface area contributed by atoms with Crippen LogP contribution in [-0.2, 0) is 0 Å². The Hall–Kier alpha value is -3.10. The van der Waals surface area contributed by atoms with Gasteiger partial charge in [-0.05, 0) is 74.3 Å². The number of hydrogen-bond donors (Lipinski definition) is 3. The highest BCUT2D eigenvalue weighted by molar-refractivity contribution is 7.80. The third kappa shape index (κ3) is 5.34. The molecule has 3 aromatic rings. The molecular formula is C26H32N4O3S. The first-order chi connectivity index (χ1) is 16.5. The Bertz CT molecular complexity index is 1180. The molecule has 1 fully saturated rings. The number of anilines is 1. The van der Waals surface area contributed by atoms with E-state index >= 15 is 0 Å². The third-order valence-electron chi connectivity index (χ3n) is 6.41. The lowest BCUT2D eigenvalue weighted by Crippen LogP contribution is -2.46. The van der Waals surface area contributed by atoms with E-state index in [4.69, 9.17) is 26.4 Å². The number of ether oxygens (including phenoxy) is 3. The molecule has 0 aliphatic heterocycles. The fraction of sp³-hybridized carbons (Fsp3) is 0.385. The van der Waals surface area contributed by atoms with Crippen molar-refractivity contribution in [2.24, 2.45) is 0 Å². The molecule has 1 saturated carbocycles. The quantitative estimate of drug-likeness (QED) is 0.290. The largest absolute Gasteiger partial charge is 0.493 e. The summed E-state index contributed by atoms with van der Waals surface area (Å²) in [6.07, 6.45) is 7.96. The maximum absolute atomic E-state index is 6.34. The molecule has 0 amide bonds. The van der Waals surface area contributed by atoms with Gasteiger partial charge in [0.1, 0.15) is 11.5 Å².